The van der Waals surface area contributed by atoms with Crippen LogP contribution < -0.4 is 10.6 Å². The fraction of sp³-hybridized carbons (Fsp3) is 0.263. The quantitative estimate of drug-likeness (QED) is 0.656. The molecular formula is C19H20F2N2O2S. The van der Waals surface area contributed by atoms with Gasteiger partial charge in [-0.05, 0) is 48.4 Å². The van der Waals surface area contributed by atoms with Crippen LogP contribution in [0.15, 0.2) is 53.4 Å². The van der Waals surface area contributed by atoms with Crippen LogP contribution in [-0.4, -0.2) is 17.6 Å². The van der Waals surface area contributed by atoms with E-state index in [1.807, 2.05) is 13.0 Å². The number of carbonyl (C=O) groups is 2. The highest BCUT2D eigenvalue weighted by Gasteiger charge is 2.09. The van der Waals surface area contributed by atoms with Gasteiger partial charge in [-0.1, -0.05) is 30.8 Å². The number of nitrogens with one attached hydrogen (secondary N) is 2. The Morgan fingerprint density at radius 3 is 2.50 bits per heavy atom. The monoisotopic (exact) mass is 378 g/mol. The van der Waals surface area contributed by atoms with Crippen molar-refractivity contribution in [3.63, 3.8) is 0 Å². The highest BCUT2D eigenvalue weighted by atomic mass is 32.2. The van der Waals surface area contributed by atoms with E-state index >= 15 is 0 Å². The minimum Gasteiger partial charge on any atom is -0.348 e. The summed E-state index contributed by atoms with van der Waals surface area (Å²) in [5, 5.41) is 5.58. The van der Waals surface area contributed by atoms with Gasteiger partial charge in [-0.15, -0.1) is 0 Å². The molecule has 4 nitrogen and oxygen atoms in total. The van der Waals surface area contributed by atoms with Gasteiger partial charge in [0.25, 0.3) is 11.7 Å². The summed E-state index contributed by atoms with van der Waals surface area (Å²) >= 11 is 0.439. The van der Waals surface area contributed by atoms with E-state index in [0.717, 1.165) is 12.0 Å². The Morgan fingerprint density at radius 1 is 1.12 bits per heavy atom. The Kier molecular flexibility index (Phi) is 7.59. The molecule has 2 aromatic carbocycles. The first-order valence-electron chi connectivity index (χ1n) is 8.20. The first kappa shape index (κ1) is 19.9. The van der Waals surface area contributed by atoms with Gasteiger partial charge >= 0.3 is 0 Å². The Bertz CT molecular complexity index is 751. The van der Waals surface area contributed by atoms with Crippen molar-refractivity contribution >= 4 is 29.3 Å². The molecule has 26 heavy (non-hydrogen) atoms. The number of anilines is 1. The van der Waals surface area contributed by atoms with Crippen molar-refractivity contribution in [2.24, 2.45) is 0 Å². The molecule has 0 aromatic heterocycles. The van der Waals surface area contributed by atoms with Crippen LogP contribution in [0.25, 0.3) is 0 Å². The molecule has 0 unspecified atom stereocenters. The summed E-state index contributed by atoms with van der Waals surface area (Å²) in [5.41, 5.74) is 1.93. The molecule has 7 heteroatoms. The maximum absolute atomic E-state index is 12.3. The number of carbonyl (C=O) groups excluding carboxylic acids is 2. The first-order valence-corrected chi connectivity index (χ1v) is 9.07. The number of rotatable bonds is 8. The summed E-state index contributed by atoms with van der Waals surface area (Å²) in [6.45, 7) is 2.23. The van der Waals surface area contributed by atoms with Gasteiger partial charge in [0.05, 0.1) is 0 Å². The predicted molar refractivity (Wildman–Crippen MR) is 99.5 cm³/mol. The number of hydrogen-bond acceptors (Lipinski definition) is 3. The second-order valence-electron chi connectivity index (χ2n) is 5.58. The normalized spacial score (nSPS) is 10.6. The zero-order valence-corrected chi connectivity index (χ0v) is 15.1. The van der Waals surface area contributed by atoms with Gasteiger partial charge in [0.15, 0.2) is 0 Å². The average molecular weight is 378 g/mol. The molecule has 0 fully saturated rings. The van der Waals surface area contributed by atoms with Gasteiger partial charge in [0.2, 0.25) is 5.91 Å². The third-order valence-corrected chi connectivity index (χ3v) is 4.21. The Hall–Kier alpha value is -2.41. The van der Waals surface area contributed by atoms with Crippen LogP contribution in [0.1, 0.15) is 35.7 Å². The second kappa shape index (κ2) is 9.91. The molecule has 0 bridgehead atoms. The van der Waals surface area contributed by atoms with E-state index in [1.54, 1.807) is 18.2 Å². The molecule has 2 aromatic rings. The molecule has 0 aliphatic rings. The van der Waals surface area contributed by atoms with E-state index in [2.05, 4.69) is 10.6 Å². The highest BCUT2D eigenvalue weighted by molar-refractivity contribution is 7.99. The lowest BCUT2D eigenvalue weighted by molar-refractivity contribution is -0.116. The van der Waals surface area contributed by atoms with Crippen molar-refractivity contribution < 1.29 is 18.4 Å². The first-order chi connectivity index (χ1) is 12.5. The summed E-state index contributed by atoms with van der Waals surface area (Å²) in [4.78, 5) is 24.2. The smallest absolute Gasteiger partial charge is 0.288 e. The maximum Gasteiger partial charge on any atom is 0.288 e. The number of amides is 2. The SMILES string of the molecule is CCCC(=O)Nc1cccc(CNC(=O)c2ccc(SC(F)F)cc2)c1. The van der Waals surface area contributed by atoms with Gasteiger partial charge in [0, 0.05) is 29.1 Å². The summed E-state index contributed by atoms with van der Waals surface area (Å²) in [6.07, 6.45) is 1.23. The Morgan fingerprint density at radius 2 is 1.85 bits per heavy atom. The lowest BCUT2D eigenvalue weighted by Gasteiger charge is -2.09. The topological polar surface area (TPSA) is 58.2 Å². The van der Waals surface area contributed by atoms with Crippen molar-refractivity contribution in [2.45, 2.75) is 37.0 Å². The predicted octanol–water partition coefficient (Wildman–Crippen LogP) is 4.67. The zero-order valence-electron chi connectivity index (χ0n) is 14.3. The van der Waals surface area contributed by atoms with E-state index in [9.17, 15) is 18.4 Å². The second-order valence-corrected chi connectivity index (χ2v) is 6.65. The van der Waals surface area contributed by atoms with Crippen LogP contribution in [0, 0.1) is 0 Å². The molecule has 0 atom stereocenters. The van der Waals surface area contributed by atoms with Crippen molar-refractivity contribution in [2.75, 3.05) is 5.32 Å². The molecule has 0 saturated carbocycles. The van der Waals surface area contributed by atoms with Crippen molar-refractivity contribution in [1.82, 2.24) is 5.32 Å². The summed E-state index contributed by atoms with van der Waals surface area (Å²) in [7, 11) is 0. The minimum absolute atomic E-state index is 0.0459. The van der Waals surface area contributed by atoms with Crippen LogP contribution in [-0.2, 0) is 11.3 Å². The van der Waals surface area contributed by atoms with Gasteiger partial charge < -0.3 is 10.6 Å². The lowest BCUT2D eigenvalue weighted by atomic mass is 10.1. The maximum atomic E-state index is 12.3. The number of alkyl halides is 2. The third kappa shape index (κ3) is 6.48. The number of benzene rings is 2. The average Bonchev–Trinajstić information content (AvgIpc) is 2.60. The molecule has 0 radical (unpaired) electrons. The number of thioether (sulfide) groups is 1. The fourth-order valence-corrected chi connectivity index (χ4v) is 2.78. The molecular weight excluding hydrogens is 358 g/mol. The molecule has 0 heterocycles. The third-order valence-electron chi connectivity index (χ3n) is 3.48. The molecule has 2 N–H and O–H groups in total. The fourth-order valence-electron chi connectivity index (χ4n) is 2.28. The van der Waals surface area contributed by atoms with E-state index < -0.39 is 5.76 Å². The van der Waals surface area contributed by atoms with Crippen LogP contribution in [0.2, 0.25) is 0 Å². The van der Waals surface area contributed by atoms with E-state index in [1.165, 1.54) is 24.3 Å². The van der Waals surface area contributed by atoms with Crippen molar-refractivity contribution in [3.8, 4) is 0 Å². The zero-order chi connectivity index (χ0) is 18.9. The Balaban J connectivity index is 1.91. The van der Waals surface area contributed by atoms with Gasteiger partial charge in [-0.3, -0.25) is 9.59 Å². The summed E-state index contributed by atoms with van der Waals surface area (Å²) in [5.74, 6) is -2.82. The largest absolute Gasteiger partial charge is 0.348 e. The van der Waals surface area contributed by atoms with Crippen LogP contribution in [0.3, 0.4) is 0 Å². The molecule has 2 amide bonds. The molecule has 0 aliphatic carbocycles. The highest BCUT2D eigenvalue weighted by Crippen LogP contribution is 2.25. The van der Waals surface area contributed by atoms with E-state index in [4.69, 9.17) is 0 Å². The van der Waals surface area contributed by atoms with Crippen molar-refractivity contribution in [3.05, 3.63) is 59.7 Å². The number of halogens is 2. The van der Waals surface area contributed by atoms with E-state index in [0.29, 0.717) is 40.9 Å². The molecule has 138 valence electrons. The molecule has 0 spiro atoms. The Labute approximate surface area is 155 Å². The minimum atomic E-state index is -2.49. The summed E-state index contributed by atoms with van der Waals surface area (Å²) in [6, 6.07) is 13.3. The van der Waals surface area contributed by atoms with Crippen LogP contribution >= 0.6 is 11.8 Å². The van der Waals surface area contributed by atoms with Gasteiger partial charge in [-0.2, -0.15) is 8.78 Å². The number of hydrogen-bond donors (Lipinski definition) is 2. The van der Waals surface area contributed by atoms with Gasteiger partial charge in [0.1, 0.15) is 0 Å². The molecule has 0 saturated heterocycles. The van der Waals surface area contributed by atoms with Crippen LogP contribution in [0.5, 0.6) is 0 Å². The molecule has 2 rings (SSSR count). The summed E-state index contributed by atoms with van der Waals surface area (Å²) < 4.78 is 24.6. The van der Waals surface area contributed by atoms with Crippen LogP contribution in [0.4, 0.5) is 14.5 Å². The molecule has 0 aliphatic heterocycles. The van der Waals surface area contributed by atoms with Gasteiger partial charge in [-0.25, -0.2) is 0 Å². The lowest BCUT2D eigenvalue weighted by Crippen LogP contribution is -2.22. The van der Waals surface area contributed by atoms with Crippen molar-refractivity contribution in [1.29, 1.82) is 0 Å². The van der Waals surface area contributed by atoms with E-state index in [-0.39, 0.29) is 11.8 Å². The standard InChI is InChI=1S/C19H20F2N2O2S/c1-2-4-17(24)23-15-6-3-5-13(11-15)12-22-18(25)14-7-9-16(10-8-14)26-19(20)21/h3,5-11,19H,2,4,12H2,1H3,(H,22,25)(H,23,24).